The maximum Gasteiger partial charge on any atom is 0.335 e. The molecule has 1 heterocycles. The number of nitrogens with zero attached hydrogens (tertiary/aromatic N) is 1. The van der Waals surface area contributed by atoms with Gasteiger partial charge in [-0.15, -0.1) is 0 Å². The third-order valence-electron chi connectivity index (χ3n) is 3.26. The lowest BCUT2D eigenvalue weighted by Crippen LogP contribution is -1.97. The van der Waals surface area contributed by atoms with Crippen LogP contribution in [0, 0.1) is 11.6 Å². The Morgan fingerprint density at radius 1 is 1.05 bits per heavy atom. The molecule has 3 nitrogen and oxygen atoms in total. The molecule has 2 aromatic carbocycles. The predicted molar refractivity (Wildman–Crippen MR) is 74.1 cm³/mol. The fraction of sp³-hybridized carbons (Fsp3) is 0. The average Bonchev–Trinajstić information content (AvgIpc) is 2.48. The van der Waals surface area contributed by atoms with Crippen LogP contribution in [0.1, 0.15) is 10.4 Å². The molecule has 104 valence electrons. The van der Waals surface area contributed by atoms with Crippen molar-refractivity contribution < 1.29 is 18.7 Å². The third-order valence-corrected chi connectivity index (χ3v) is 3.26. The second kappa shape index (κ2) is 4.94. The fourth-order valence-corrected chi connectivity index (χ4v) is 2.28. The summed E-state index contributed by atoms with van der Waals surface area (Å²) in [6, 6.07) is 8.46. The van der Waals surface area contributed by atoms with E-state index in [0.717, 1.165) is 6.20 Å². The van der Waals surface area contributed by atoms with Crippen molar-refractivity contribution >= 4 is 16.7 Å². The Hall–Kier alpha value is -2.82. The summed E-state index contributed by atoms with van der Waals surface area (Å²) in [7, 11) is 0. The van der Waals surface area contributed by atoms with Gasteiger partial charge in [0.1, 0.15) is 11.6 Å². The molecule has 1 N–H and O–H groups in total. The molecular formula is C16H9F2NO2. The van der Waals surface area contributed by atoms with Gasteiger partial charge in [-0.05, 0) is 35.0 Å². The quantitative estimate of drug-likeness (QED) is 0.777. The van der Waals surface area contributed by atoms with E-state index in [2.05, 4.69) is 4.98 Å². The number of carboxylic acid groups (broad SMARTS) is 1. The summed E-state index contributed by atoms with van der Waals surface area (Å²) in [6.07, 6.45) is 2.35. The van der Waals surface area contributed by atoms with Gasteiger partial charge in [0.05, 0.1) is 11.8 Å². The van der Waals surface area contributed by atoms with E-state index >= 15 is 0 Å². The summed E-state index contributed by atoms with van der Waals surface area (Å²) in [6.45, 7) is 0. The first-order valence-electron chi connectivity index (χ1n) is 6.13. The molecule has 3 aromatic rings. The van der Waals surface area contributed by atoms with Gasteiger partial charge in [-0.3, -0.25) is 4.98 Å². The first-order valence-corrected chi connectivity index (χ1v) is 6.13. The lowest BCUT2D eigenvalue weighted by atomic mass is 9.96. The molecular weight excluding hydrogens is 276 g/mol. The standard InChI is InChI=1S/C16H9F2NO2/c17-13-4-3-9-1-2-10(16(20)21)7-12(9)15(13)11-5-6-19-8-14(11)18/h1-8H,(H,20,21). The van der Waals surface area contributed by atoms with Crippen molar-refractivity contribution in [1.82, 2.24) is 4.98 Å². The van der Waals surface area contributed by atoms with Crippen LogP contribution >= 0.6 is 0 Å². The smallest absolute Gasteiger partial charge is 0.335 e. The Labute approximate surface area is 118 Å². The molecule has 0 atom stereocenters. The minimum Gasteiger partial charge on any atom is -0.478 e. The van der Waals surface area contributed by atoms with Crippen LogP contribution in [0.5, 0.6) is 0 Å². The van der Waals surface area contributed by atoms with E-state index in [1.165, 1.54) is 36.5 Å². The Morgan fingerprint density at radius 3 is 2.52 bits per heavy atom. The summed E-state index contributed by atoms with van der Waals surface area (Å²) in [4.78, 5) is 14.7. The van der Waals surface area contributed by atoms with Crippen molar-refractivity contribution in [2.45, 2.75) is 0 Å². The number of hydrogen-bond donors (Lipinski definition) is 1. The largest absolute Gasteiger partial charge is 0.478 e. The number of rotatable bonds is 2. The zero-order valence-electron chi connectivity index (χ0n) is 10.7. The first-order chi connectivity index (χ1) is 10.1. The molecule has 5 heteroatoms. The molecule has 0 aliphatic rings. The average molecular weight is 285 g/mol. The summed E-state index contributed by atoms with van der Waals surface area (Å²) in [5.74, 6) is -2.40. The Morgan fingerprint density at radius 2 is 1.81 bits per heavy atom. The Balaban J connectivity index is 2.40. The number of aromatic carboxylic acids is 1. The number of carboxylic acids is 1. The molecule has 3 rings (SSSR count). The van der Waals surface area contributed by atoms with Gasteiger partial charge >= 0.3 is 5.97 Å². The molecule has 0 spiro atoms. The topological polar surface area (TPSA) is 50.2 Å². The van der Waals surface area contributed by atoms with Crippen LogP contribution in [0.3, 0.4) is 0 Å². The van der Waals surface area contributed by atoms with Crippen LogP contribution in [-0.4, -0.2) is 16.1 Å². The van der Waals surface area contributed by atoms with Crippen LogP contribution in [0.4, 0.5) is 8.78 Å². The molecule has 21 heavy (non-hydrogen) atoms. The van der Waals surface area contributed by atoms with Crippen molar-refractivity contribution in [3.63, 3.8) is 0 Å². The first kappa shape index (κ1) is 13.2. The van der Waals surface area contributed by atoms with Gasteiger partial charge in [0.2, 0.25) is 0 Å². The van der Waals surface area contributed by atoms with E-state index in [1.807, 2.05) is 0 Å². The molecule has 1 aromatic heterocycles. The van der Waals surface area contributed by atoms with Crippen molar-refractivity contribution in [2.24, 2.45) is 0 Å². The van der Waals surface area contributed by atoms with Gasteiger partial charge in [0.15, 0.2) is 0 Å². The fourth-order valence-electron chi connectivity index (χ4n) is 2.28. The molecule has 0 bridgehead atoms. The highest BCUT2D eigenvalue weighted by Gasteiger charge is 2.15. The molecule has 0 aliphatic heterocycles. The molecule has 0 unspecified atom stereocenters. The monoisotopic (exact) mass is 285 g/mol. The van der Waals surface area contributed by atoms with Gasteiger partial charge in [0, 0.05) is 17.3 Å². The zero-order chi connectivity index (χ0) is 15.0. The minimum absolute atomic E-state index is 0.0174. The van der Waals surface area contributed by atoms with E-state index in [9.17, 15) is 13.6 Å². The van der Waals surface area contributed by atoms with Crippen LogP contribution in [0.2, 0.25) is 0 Å². The van der Waals surface area contributed by atoms with E-state index in [1.54, 1.807) is 6.07 Å². The van der Waals surface area contributed by atoms with Gasteiger partial charge in [-0.2, -0.15) is 0 Å². The number of benzene rings is 2. The summed E-state index contributed by atoms with van der Waals surface area (Å²) >= 11 is 0. The van der Waals surface area contributed by atoms with Gasteiger partial charge in [-0.25, -0.2) is 13.6 Å². The Bertz CT molecular complexity index is 862. The summed E-state index contributed by atoms with van der Waals surface area (Å²) in [5.41, 5.74) is 0.106. The zero-order valence-corrected chi connectivity index (χ0v) is 10.7. The number of aromatic nitrogens is 1. The predicted octanol–water partition coefficient (Wildman–Crippen LogP) is 3.88. The van der Waals surface area contributed by atoms with E-state index in [0.29, 0.717) is 10.8 Å². The summed E-state index contributed by atoms with van der Waals surface area (Å²) < 4.78 is 28.1. The van der Waals surface area contributed by atoms with Crippen LogP contribution in [0.25, 0.3) is 21.9 Å². The van der Waals surface area contributed by atoms with Crippen molar-refractivity contribution in [1.29, 1.82) is 0 Å². The number of fused-ring (bicyclic) bond motifs is 1. The summed E-state index contributed by atoms with van der Waals surface area (Å²) in [5, 5.41) is 10.0. The molecule has 0 fully saturated rings. The normalized spacial score (nSPS) is 10.8. The van der Waals surface area contributed by atoms with Gasteiger partial charge < -0.3 is 5.11 Å². The maximum absolute atomic E-state index is 14.2. The number of halogens is 2. The number of pyridine rings is 1. The highest BCUT2D eigenvalue weighted by atomic mass is 19.1. The molecule has 0 saturated carbocycles. The highest BCUT2D eigenvalue weighted by molar-refractivity contribution is 6.01. The van der Waals surface area contributed by atoms with E-state index in [-0.39, 0.29) is 16.7 Å². The van der Waals surface area contributed by atoms with Crippen LogP contribution in [-0.2, 0) is 0 Å². The number of hydrogen-bond acceptors (Lipinski definition) is 2. The van der Waals surface area contributed by atoms with Crippen LogP contribution < -0.4 is 0 Å². The van der Waals surface area contributed by atoms with Crippen molar-refractivity contribution in [3.05, 3.63) is 66.0 Å². The second-order valence-corrected chi connectivity index (χ2v) is 4.52. The van der Waals surface area contributed by atoms with E-state index < -0.39 is 17.6 Å². The lowest BCUT2D eigenvalue weighted by Gasteiger charge is -2.10. The molecule has 0 amide bonds. The lowest BCUT2D eigenvalue weighted by molar-refractivity contribution is 0.0697. The Kier molecular flexibility index (Phi) is 3.10. The minimum atomic E-state index is -1.12. The second-order valence-electron chi connectivity index (χ2n) is 4.52. The maximum atomic E-state index is 14.2. The van der Waals surface area contributed by atoms with Crippen molar-refractivity contribution in [3.8, 4) is 11.1 Å². The molecule has 0 radical (unpaired) electrons. The third kappa shape index (κ3) is 2.23. The number of carbonyl (C=O) groups is 1. The van der Waals surface area contributed by atoms with E-state index in [4.69, 9.17) is 5.11 Å². The highest BCUT2D eigenvalue weighted by Crippen LogP contribution is 2.33. The van der Waals surface area contributed by atoms with Gasteiger partial charge in [-0.1, -0.05) is 12.1 Å². The van der Waals surface area contributed by atoms with Gasteiger partial charge in [0.25, 0.3) is 0 Å². The molecule has 0 aliphatic carbocycles. The SMILES string of the molecule is O=C(O)c1ccc2ccc(F)c(-c3ccncc3F)c2c1. The molecule has 0 saturated heterocycles. The van der Waals surface area contributed by atoms with Crippen LogP contribution in [0.15, 0.2) is 48.8 Å². The van der Waals surface area contributed by atoms with Crippen molar-refractivity contribution in [2.75, 3.05) is 0 Å².